The maximum atomic E-state index is 5.56. The molecule has 16 heavy (non-hydrogen) atoms. The molecule has 0 unspecified atom stereocenters. The topological polar surface area (TPSA) is 73.1 Å². The highest BCUT2D eigenvalue weighted by Gasteiger charge is 2.15. The molecule has 0 aliphatic heterocycles. The van der Waals surface area contributed by atoms with Gasteiger partial charge in [0.2, 0.25) is 11.8 Å². The van der Waals surface area contributed by atoms with Crippen LogP contribution in [-0.4, -0.2) is 23.6 Å². The minimum Gasteiger partial charge on any atom is -0.481 e. The Balaban J connectivity index is 2.70. The van der Waals surface area contributed by atoms with E-state index in [-0.39, 0.29) is 11.4 Å². The van der Waals surface area contributed by atoms with Crippen molar-refractivity contribution in [3.05, 3.63) is 6.07 Å². The largest absolute Gasteiger partial charge is 0.481 e. The van der Waals surface area contributed by atoms with Crippen LogP contribution < -0.4 is 15.8 Å². The summed E-state index contributed by atoms with van der Waals surface area (Å²) in [5.74, 6) is 1.39. The van der Waals surface area contributed by atoms with Gasteiger partial charge >= 0.3 is 0 Å². The summed E-state index contributed by atoms with van der Waals surface area (Å²) in [5, 5.41) is 3.24. The van der Waals surface area contributed by atoms with Gasteiger partial charge in [-0.05, 0) is 11.8 Å². The van der Waals surface area contributed by atoms with Crippen molar-refractivity contribution in [1.29, 1.82) is 0 Å². The monoisotopic (exact) mass is 224 g/mol. The normalized spacial score (nSPS) is 11.2. The first-order chi connectivity index (χ1) is 7.46. The molecule has 0 atom stereocenters. The number of methoxy groups -OCH3 is 1. The summed E-state index contributed by atoms with van der Waals surface area (Å²) in [6.45, 7) is 7.39. The molecule has 1 aromatic heterocycles. The minimum atomic E-state index is 0.219. The maximum absolute atomic E-state index is 5.56. The minimum absolute atomic E-state index is 0.219. The summed E-state index contributed by atoms with van der Waals surface area (Å²) in [6.07, 6.45) is 1.09. The lowest BCUT2D eigenvalue weighted by molar-refractivity contribution is 0.376. The Hall–Kier alpha value is -1.52. The standard InChI is InChI=1S/C11H20N4O/c1-5-11(2,3)7-13-8-6-9(16-4)15-10(12)14-8/h6H,5,7H2,1-4H3,(H3,12,13,14,15). The van der Waals surface area contributed by atoms with Crippen LogP contribution in [0.15, 0.2) is 6.07 Å². The third-order valence-electron chi connectivity index (χ3n) is 2.63. The number of hydrogen-bond donors (Lipinski definition) is 2. The molecule has 0 aromatic carbocycles. The van der Waals surface area contributed by atoms with Gasteiger partial charge in [-0.25, -0.2) is 0 Å². The molecule has 3 N–H and O–H groups in total. The van der Waals surface area contributed by atoms with Crippen molar-refractivity contribution in [1.82, 2.24) is 9.97 Å². The van der Waals surface area contributed by atoms with Gasteiger partial charge in [-0.3, -0.25) is 0 Å². The van der Waals surface area contributed by atoms with Crippen molar-refractivity contribution in [2.45, 2.75) is 27.2 Å². The van der Waals surface area contributed by atoms with E-state index in [0.29, 0.717) is 11.7 Å². The summed E-state index contributed by atoms with van der Waals surface area (Å²) in [7, 11) is 1.56. The number of nitrogens with two attached hydrogens (primary N) is 1. The molecule has 1 rings (SSSR count). The smallest absolute Gasteiger partial charge is 0.225 e. The van der Waals surface area contributed by atoms with E-state index in [1.165, 1.54) is 0 Å². The van der Waals surface area contributed by atoms with E-state index in [9.17, 15) is 0 Å². The zero-order valence-corrected chi connectivity index (χ0v) is 10.4. The van der Waals surface area contributed by atoms with Crippen LogP contribution in [0.1, 0.15) is 27.2 Å². The van der Waals surface area contributed by atoms with Crippen LogP contribution in [0.25, 0.3) is 0 Å². The molecule has 0 aliphatic carbocycles. The van der Waals surface area contributed by atoms with Crippen molar-refractivity contribution in [2.75, 3.05) is 24.7 Å². The average molecular weight is 224 g/mol. The van der Waals surface area contributed by atoms with E-state index in [4.69, 9.17) is 10.5 Å². The van der Waals surface area contributed by atoms with Crippen LogP contribution in [0.4, 0.5) is 11.8 Å². The van der Waals surface area contributed by atoms with Gasteiger partial charge in [-0.15, -0.1) is 0 Å². The number of rotatable bonds is 5. The van der Waals surface area contributed by atoms with E-state index in [2.05, 4.69) is 36.1 Å². The first-order valence-electron chi connectivity index (χ1n) is 5.39. The molecule has 0 saturated carbocycles. The van der Waals surface area contributed by atoms with Gasteiger partial charge in [-0.2, -0.15) is 9.97 Å². The second-order valence-corrected chi connectivity index (χ2v) is 4.53. The van der Waals surface area contributed by atoms with Crippen LogP contribution in [0.2, 0.25) is 0 Å². The van der Waals surface area contributed by atoms with Gasteiger partial charge in [0.25, 0.3) is 0 Å². The van der Waals surface area contributed by atoms with E-state index in [1.807, 2.05) is 0 Å². The highest BCUT2D eigenvalue weighted by atomic mass is 16.5. The average Bonchev–Trinajstić information content (AvgIpc) is 2.26. The number of nitrogen functional groups attached to an aromatic ring is 1. The Bertz CT molecular complexity index is 352. The Kier molecular flexibility index (Phi) is 3.93. The second-order valence-electron chi connectivity index (χ2n) is 4.53. The molecular formula is C11H20N4O. The molecule has 0 radical (unpaired) electrons. The van der Waals surface area contributed by atoms with Crippen molar-refractivity contribution < 1.29 is 4.74 Å². The fourth-order valence-corrected chi connectivity index (χ4v) is 1.09. The van der Waals surface area contributed by atoms with Crippen molar-refractivity contribution in [3.8, 4) is 5.88 Å². The number of hydrogen-bond acceptors (Lipinski definition) is 5. The molecular weight excluding hydrogens is 204 g/mol. The van der Waals surface area contributed by atoms with Crippen molar-refractivity contribution >= 4 is 11.8 Å². The van der Waals surface area contributed by atoms with Crippen LogP contribution in [0, 0.1) is 5.41 Å². The molecule has 5 nitrogen and oxygen atoms in total. The van der Waals surface area contributed by atoms with Gasteiger partial charge in [0.1, 0.15) is 5.82 Å². The van der Waals surface area contributed by atoms with E-state index in [0.717, 1.165) is 13.0 Å². The molecule has 0 aliphatic rings. The lowest BCUT2D eigenvalue weighted by atomic mass is 9.90. The number of aromatic nitrogens is 2. The molecule has 0 amide bonds. The van der Waals surface area contributed by atoms with Crippen molar-refractivity contribution in [3.63, 3.8) is 0 Å². The molecule has 0 spiro atoms. The third kappa shape index (κ3) is 3.56. The molecule has 5 heteroatoms. The lowest BCUT2D eigenvalue weighted by Crippen LogP contribution is -2.22. The highest BCUT2D eigenvalue weighted by Crippen LogP contribution is 2.21. The number of ether oxygens (including phenoxy) is 1. The predicted octanol–water partition coefficient (Wildman–Crippen LogP) is 1.92. The molecule has 0 fully saturated rings. The number of anilines is 2. The van der Waals surface area contributed by atoms with E-state index < -0.39 is 0 Å². The summed E-state index contributed by atoms with van der Waals surface area (Å²) in [6, 6.07) is 1.74. The first kappa shape index (κ1) is 12.5. The first-order valence-corrected chi connectivity index (χ1v) is 5.39. The van der Waals surface area contributed by atoms with Crippen LogP contribution in [-0.2, 0) is 0 Å². The van der Waals surface area contributed by atoms with Gasteiger partial charge in [0.15, 0.2) is 0 Å². The van der Waals surface area contributed by atoms with Crippen LogP contribution >= 0.6 is 0 Å². The highest BCUT2D eigenvalue weighted by molar-refractivity contribution is 5.42. The van der Waals surface area contributed by atoms with Gasteiger partial charge in [-0.1, -0.05) is 20.8 Å². The predicted molar refractivity (Wildman–Crippen MR) is 65.6 cm³/mol. The molecule has 0 bridgehead atoms. The molecule has 1 aromatic rings. The lowest BCUT2D eigenvalue weighted by Gasteiger charge is -2.23. The Labute approximate surface area is 96.4 Å². The second kappa shape index (κ2) is 5.01. The summed E-state index contributed by atoms with van der Waals surface area (Å²) in [4.78, 5) is 8.02. The number of nitrogens with one attached hydrogen (secondary N) is 1. The molecule has 1 heterocycles. The Morgan fingerprint density at radius 1 is 1.44 bits per heavy atom. The van der Waals surface area contributed by atoms with E-state index >= 15 is 0 Å². The number of nitrogens with zero attached hydrogens (tertiary/aromatic N) is 2. The van der Waals surface area contributed by atoms with Crippen LogP contribution in [0.3, 0.4) is 0 Å². The van der Waals surface area contributed by atoms with Gasteiger partial charge in [0.05, 0.1) is 7.11 Å². The van der Waals surface area contributed by atoms with Crippen LogP contribution in [0.5, 0.6) is 5.88 Å². The Morgan fingerprint density at radius 3 is 2.69 bits per heavy atom. The summed E-state index contributed by atoms with van der Waals surface area (Å²) in [5.41, 5.74) is 5.79. The fourth-order valence-electron chi connectivity index (χ4n) is 1.09. The molecule has 0 saturated heterocycles. The van der Waals surface area contributed by atoms with Gasteiger partial charge < -0.3 is 15.8 Å². The summed E-state index contributed by atoms with van der Waals surface area (Å²) < 4.78 is 5.02. The zero-order chi connectivity index (χ0) is 12.2. The molecule has 90 valence electrons. The maximum Gasteiger partial charge on any atom is 0.225 e. The quantitative estimate of drug-likeness (QED) is 0.799. The van der Waals surface area contributed by atoms with Crippen molar-refractivity contribution in [2.24, 2.45) is 5.41 Å². The SMILES string of the molecule is CCC(C)(C)CNc1cc(OC)nc(N)n1. The summed E-state index contributed by atoms with van der Waals surface area (Å²) >= 11 is 0. The third-order valence-corrected chi connectivity index (χ3v) is 2.63. The fraction of sp³-hybridized carbons (Fsp3) is 0.636. The van der Waals surface area contributed by atoms with E-state index in [1.54, 1.807) is 13.2 Å². The van der Waals surface area contributed by atoms with Gasteiger partial charge in [0, 0.05) is 12.6 Å². The zero-order valence-electron chi connectivity index (χ0n) is 10.4. The Morgan fingerprint density at radius 2 is 2.12 bits per heavy atom.